The van der Waals surface area contributed by atoms with Gasteiger partial charge < -0.3 is 14.8 Å². The lowest BCUT2D eigenvalue weighted by molar-refractivity contribution is -0.112. The Balaban J connectivity index is 1.62. The average Bonchev–Trinajstić information content (AvgIpc) is 2.87. The van der Waals surface area contributed by atoms with Crippen LogP contribution in [0, 0.1) is 11.3 Å². The Morgan fingerprint density at radius 2 is 1.77 bits per heavy atom. The highest BCUT2D eigenvalue weighted by Crippen LogP contribution is 2.35. The van der Waals surface area contributed by atoms with E-state index in [1.165, 1.54) is 6.08 Å². The molecule has 4 aromatic carbocycles. The SMILES string of the molecule is COc1ccc(NC(=O)/C(C#N)=C/c2cc(Cl)cc(Cl)c2OCc2cccc3ccccc23)cc1. The van der Waals surface area contributed by atoms with Gasteiger partial charge in [-0.05, 0) is 58.8 Å². The fraction of sp³-hybridized carbons (Fsp3) is 0.0714. The molecule has 0 saturated heterocycles. The summed E-state index contributed by atoms with van der Waals surface area (Å²) in [5.74, 6) is 0.406. The van der Waals surface area contributed by atoms with E-state index in [2.05, 4.69) is 5.32 Å². The largest absolute Gasteiger partial charge is 0.497 e. The molecule has 4 aromatic rings. The van der Waals surface area contributed by atoms with Gasteiger partial charge in [0.05, 0.1) is 12.1 Å². The number of nitriles is 1. The number of ether oxygens (including phenoxy) is 2. The molecule has 1 amide bonds. The monoisotopic (exact) mass is 502 g/mol. The number of carbonyl (C=O) groups is 1. The van der Waals surface area contributed by atoms with Crippen molar-refractivity contribution in [1.82, 2.24) is 0 Å². The Bertz CT molecular complexity index is 1450. The third-order valence-electron chi connectivity index (χ3n) is 5.30. The number of halogens is 2. The van der Waals surface area contributed by atoms with Crippen molar-refractivity contribution >= 4 is 51.6 Å². The van der Waals surface area contributed by atoms with E-state index in [0.29, 0.717) is 27.8 Å². The van der Waals surface area contributed by atoms with Crippen LogP contribution >= 0.6 is 23.2 Å². The Hall–Kier alpha value is -3.98. The molecule has 174 valence electrons. The van der Waals surface area contributed by atoms with Gasteiger partial charge in [0.2, 0.25) is 0 Å². The average molecular weight is 503 g/mol. The first-order valence-electron chi connectivity index (χ1n) is 10.6. The van der Waals surface area contributed by atoms with Crippen molar-refractivity contribution in [1.29, 1.82) is 5.26 Å². The summed E-state index contributed by atoms with van der Waals surface area (Å²) in [5, 5.41) is 15.2. The number of nitrogens with one attached hydrogen (secondary N) is 1. The van der Waals surface area contributed by atoms with Crippen LogP contribution in [0.15, 0.2) is 84.4 Å². The molecule has 5 nitrogen and oxygen atoms in total. The maximum absolute atomic E-state index is 12.8. The molecule has 0 heterocycles. The molecular weight excluding hydrogens is 483 g/mol. The number of anilines is 1. The molecule has 0 radical (unpaired) electrons. The van der Waals surface area contributed by atoms with Crippen LogP contribution in [0.2, 0.25) is 10.0 Å². The first-order chi connectivity index (χ1) is 17.0. The molecule has 0 aliphatic heterocycles. The molecular formula is C28H20Cl2N2O3. The molecule has 35 heavy (non-hydrogen) atoms. The van der Waals surface area contributed by atoms with Gasteiger partial charge in [0.25, 0.3) is 5.91 Å². The summed E-state index contributed by atoms with van der Waals surface area (Å²) >= 11 is 12.7. The summed E-state index contributed by atoms with van der Waals surface area (Å²) < 4.78 is 11.2. The second kappa shape index (κ2) is 11.0. The quantitative estimate of drug-likeness (QED) is 0.213. The zero-order valence-corrected chi connectivity index (χ0v) is 20.2. The lowest BCUT2D eigenvalue weighted by Gasteiger charge is -2.14. The normalized spacial score (nSPS) is 11.1. The van der Waals surface area contributed by atoms with Crippen LogP contribution in [-0.4, -0.2) is 13.0 Å². The van der Waals surface area contributed by atoms with Crippen molar-refractivity contribution in [2.45, 2.75) is 6.61 Å². The predicted octanol–water partition coefficient (Wildman–Crippen LogP) is 7.28. The number of rotatable bonds is 7. The first kappa shape index (κ1) is 24.2. The summed E-state index contributed by atoms with van der Waals surface area (Å²) in [6.45, 7) is 0.240. The van der Waals surface area contributed by atoms with E-state index in [9.17, 15) is 10.1 Å². The van der Waals surface area contributed by atoms with Crippen molar-refractivity contribution < 1.29 is 14.3 Å². The minimum Gasteiger partial charge on any atom is -0.497 e. The van der Waals surface area contributed by atoms with E-state index in [4.69, 9.17) is 32.7 Å². The maximum Gasteiger partial charge on any atom is 0.266 e. The zero-order valence-electron chi connectivity index (χ0n) is 18.7. The molecule has 0 atom stereocenters. The van der Waals surface area contributed by atoms with Crippen molar-refractivity contribution in [3.05, 3.63) is 106 Å². The smallest absolute Gasteiger partial charge is 0.266 e. The summed E-state index contributed by atoms with van der Waals surface area (Å²) in [6.07, 6.45) is 1.41. The number of nitrogens with zero attached hydrogens (tertiary/aromatic N) is 1. The molecule has 1 N–H and O–H groups in total. The van der Waals surface area contributed by atoms with Crippen LogP contribution in [0.5, 0.6) is 11.5 Å². The van der Waals surface area contributed by atoms with Gasteiger partial charge in [-0.2, -0.15) is 5.26 Å². The number of amides is 1. The summed E-state index contributed by atoms with van der Waals surface area (Å²) in [5.41, 5.74) is 1.79. The zero-order chi connectivity index (χ0) is 24.8. The van der Waals surface area contributed by atoms with Crippen LogP contribution in [0.25, 0.3) is 16.8 Å². The van der Waals surface area contributed by atoms with E-state index in [0.717, 1.165) is 16.3 Å². The third kappa shape index (κ3) is 5.75. The molecule has 4 rings (SSSR count). The summed E-state index contributed by atoms with van der Waals surface area (Å²) in [4.78, 5) is 12.8. The second-order valence-corrected chi connectivity index (χ2v) is 8.43. The number of fused-ring (bicyclic) bond motifs is 1. The number of hydrogen-bond donors (Lipinski definition) is 1. The predicted molar refractivity (Wildman–Crippen MR) is 140 cm³/mol. The molecule has 0 saturated carbocycles. The Kier molecular flexibility index (Phi) is 7.57. The number of hydrogen-bond acceptors (Lipinski definition) is 4. The molecule has 7 heteroatoms. The minimum atomic E-state index is -0.575. The van der Waals surface area contributed by atoms with E-state index < -0.39 is 5.91 Å². The Morgan fingerprint density at radius 3 is 2.51 bits per heavy atom. The van der Waals surface area contributed by atoms with E-state index in [1.807, 2.05) is 48.5 Å². The van der Waals surface area contributed by atoms with Crippen molar-refractivity contribution in [2.24, 2.45) is 0 Å². The molecule has 0 aromatic heterocycles. The molecule has 0 unspecified atom stereocenters. The minimum absolute atomic E-state index is 0.130. The standard InChI is InChI=1S/C28H20Cl2N2O3/c1-34-24-11-9-23(10-12-24)32-28(33)21(16-31)13-20-14-22(29)15-26(30)27(20)35-17-19-7-4-6-18-5-2-3-8-25(18)19/h2-15H,17H2,1H3,(H,32,33)/b21-13+. The van der Waals surface area contributed by atoms with Gasteiger partial charge in [-0.25, -0.2) is 0 Å². The van der Waals surface area contributed by atoms with Crippen molar-refractivity contribution in [2.75, 3.05) is 12.4 Å². The Morgan fingerprint density at radius 1 is 1.03 bits per heavy atom. The topological polar surface area (TPSA) is 71.3 Å². The van der Waals surface area contributed by atoms with Gasteiger partial charge in [0.15, 0.2) is 0 Å². The van der Waals surface area contributed by atoms with Crippen molar-refractivity contribution in [3.8, 4) is 17.6 Å². The van der Waals surface area contributed by atoms with Crippen LogP contribution < -0.4 is 14.8 Å². The molecule has 0 spiro atoms. The first-order valence-corrected chi connectivity index (χ1v) is 11.4. The van der Waals surface area contributed by atoms with Gasteiger partial charge >= 0.3 is 0 Å². The molecule has 0 aliphatic carbocycles. The van der Waals surface area contributed by atoms with Crippen molar-refractivity contribution in [3.63, 3.8) is 0 Å². The molecule has 0 bridgehead atoms. The van der Waals surface area contributed by atoms with Gasteiger partial charge in [0.1, 0.15) is 29.7 Å². The van der Waals surface area contributed by atoms with Crippen LogP contribution in [0.3, 0.4) is 0 Å². The van der Waals surface area contributed by atoms with Gasteiger partial charge in [-0.15, -0.1) is 0 Å². The highest BCUT2D eigenvalue weighted by Gasteiger charge is 2.15. The number of carbonyl (C=O) groups excluding carboxylic acids is 1. The molecule has 0 aliphatic rings. The fourth-order valence-corrected chi connectivity index (χ4v) is 4.15. The highest BCUT2D eigenvalue weighted by atomic mass is 35.5. The van der Waals surface area contributed by atoms with Gasteiger partial charge in [0, 0.05) is 16.3 Å². The van der Waals surface area contributed by atoms with Gasteiger partial charge in [-0.3, -0.25) is 4.79 Å². The van der Waals surface area contributed by atoms with Crippen LogP contribution in [0.4, 0.5) is 5.69 Å². The van der Waals surface area contributed by atoms with Gasteiger partial charge in [-0.1, -0.05) is 65.7 Å². The lowest BCUT2D eigenvalue weighted by atomic mass is 10.1. The van der Waals surface area contributed by atoms with E-state index in [1.54, 1.807) is 43.5 Å². The fourth-order valence-electron chi connectivity index (χ4n) is 3.58. The van der Waals surface area contributed by atoms with E-state index in [-0.39, 0.29) is 17.2 Å². The number of benzene rings is 4. The molecule has 0 fully saturated rings. The third-order valence-corrected chi connectivity index (χ3v) is 5.80. The summed E-state index contributed by atoms with van der Waals surface area (Å²) in [7, 11) is 1.56. The lowest BCUT2D eigenvalue weighted by Crippen LogP contribution is -2.13. The summed E-state index contributed by atoms with van der Waals surface area (Å²) in [6, 6.07) is 25.8. The van der Waals surface area contributed by atoms with Crippen LogP contribution in [-0.2, 0) is 11.4 Å². The Labute approximate surface area is 213 Å². The highest BCUT2D eigenvalue weighted by molar-refractivity contribution is 6.36. The van der Waals surface area contributed by atoms with E-state index >= 15 is 0 Å². The maximum atomic E-state index is 12.8. The second-order valence-electron chi connectivity index (χ2n) is 7.59. The van der Waals surface area contributed by atoms with Crippen LogP contribution in [0.1, 0.15) is 11.1 Å². The number of methoxy groups -OCH3 is 1.